The molecule has 27 heavy (non-hydrogen) atoms. The quantitative estimate of drug-likeness (QED) is 0.562. The van der Waals surface area contributed by atoms with Crippen LogP contribution in [0.1, 0.15) is 20.8 Å². The lowest BCUT2D eigenvalue weighted by molar-refractivity contribution is 0.0969. The van der Waals surface area contributed by atoms with Gasteiger partial charge in [-0.1, -0.05) is 30.3 Å². The summed E-state index contributed by atoms with van der Waals surface area (Å²) in [5, 5.41) is 0.996. The summed E-state index contributed by atoms with van der Waals surface area (Å²) in [6.45, 7) is -0.146. The summed E-state index contributed by atoms with van der Waals surface area (Å²) >= 11 is 0. The molecule has 2 N–H and O–H groups in total. The van der Waals surface area contributed by atoms with Gasteiger partial charge in [0.1, 0.15) is 11.3 Å². The van der Waals surface area contributed by atoms with E-state index in [9.17, 15) is 14.4 Å². The van der Waals surface area contributed by atoms with E-state index in [0.717, 1.165) is 0 Å². The summed E-state index contributed by atoms with van der Waals surface area (Å²) in [7, 11) is 1.67. The van der Waals surface area contributed by atoms with Crippen LogP contribution in [-0.4, -0.2) is 25.8 Å². The van der Waals surface area contributed by atoms with Crippen LogP contribution in [0, 0.1) is 0 Å². The lowest BCUT2D eigenvalue weighted by atomic mass is 10.1. The summed E-state index contributed by atoms with van der Waals surface area (Å²) in [6, 6.07) is 13.8. The van der Waals surface area contributed by atoms with Crippen molar-refractivity contribution in [3.63, 3.8) is 0 Å². The maximum absolute atomic E-state index is 13.1. The second kappa shape index (κ2) is 6.21. The second-order valence-corrected chi connectivity index (χ2v) is 6.27. The molecule has 0 spiro atoms. The molecule has 1 amide bonds. The van der Waals surface area contributed by atoms with Crippen molar-refractivity contribution in [2.45, 2.75) is 6.54 Å². The molecule has 0 unspecified atom stereocenters. The second-order valence-electron chi connectivity index (χ2n) is 6.27. The Morgan fingerprint density at radius 1 is 1.07 bits per heavy atom. The first kappa shape index (κ1) is 16.7. The zero-order chi connectivity index (χ0) is 19.1. The predicted octanol–water partition coefficient (Wildman–Crippen LogP) is 1.87. The summed E-state index contributed by atoms with van der Waals surface area (Å²) < 4.78 is 2.93. The average molecular weight is 360 g/mol. The fourth-order valence-electron chi connectivity index (χ4n) is 3.37. The molecular weight excluding hydrogens is 344 g/mol. The maximum Gasteiger partial charge on any atom is 0.265 e. The van der Waals surface area contributed by atoms with Crippen LogP contribution >= 0.6 is 0 Å². The van der Waals surface area contributed by atoms with Gasteiger partial charge in [0, 0.05) is 24.2 Å². The molecule has 0 aliphatic carbocycles. The summed E-state index contributed by atoms with van der Waals surface area (Å²) in [6.07, 6.45) is 1.56. The highest BCUT2D eigenvalue weighted by Crippen LogP contribution is 2.24. The highest BCUT2D eigenvalue weighted by Gasteiger charge is 2.20. The number of nitrogens with zero attached hydrogens (tertiary/aromatic N) is 3. The number of nitrogens with two attached hydrogens (primary N) is 1. The fraction of sp³-hybridized carbons (Fsp3) is 0.100. The number of rotatable bonds is 4. The number of benzene rings is 1. The number of aryl methyl sites for hydroxylation is 1. The number of fused-ring (bicyclic) bond motifs is 3. The van der Waals surface area contributed by atoms with Crippen molar-refractivity contribution in [3.8, 4) is 0 Å². The molecule has 3 heterocycles. The molecule has 0 fully saturated rings. The maximum atomic E-state index is 13.1. The summed E-state index contributed by atoms with van der Waals surface area (Å²) in [4.78, 5) is 41.8. The average Bonchev–Trinajstić information content (AvgIpc) is 3.03. The first-order valence-electron chi connectivity index (χ1n) is 8.34. The third-order valence-corrected chi connectivity index (χ3v) is 4.66. The van der Waals surface area contributed by atoms with Crippen molar-refractivity contribution in [1.29, 1.82) is 0 Å². The third-order valence-electron chi connectivity index (χ3n) is 4.66. The minimum absolute atomic E-state index is 0.146. The smallest absolute Gasteiger partial charge is 0.265 e. The van der Waals surface area contributed by atoms with Gasteiger partial charge in [-0.25, -0.2) is 4.98 Å². The largest absolute Gasteiger partial charge is 0.364 e. The molecule has 0 bridgehead atoms. The molecule has 7 nitrogen and oxygen atoms in total. The van der Waals surface area contributed by atoms with Crippen molar-refractivity contribution in [3.05, 3.63) is 76.3 Å². The molecule has 134 valence electrons. The van der Waals surface area contributed by atoms with Crippen LogP contribution in [0.5, 0.6) is 0 Å². The van der Waals surface area contributed by atoms with Gasteiger partial charge in [0.15, 0.2) is 5.78 Å². The Kier molecular flexibility index (Phi) is 3.84. The third kappa shape index (κ3) is 2.60. The Morgan fingerprint density at radius 3 is 2.52 bits per heavy atom. The minimum atomic E-state index is -0.628. The molecule has 0 atom stereocenters. The van der Waals surface area contributed by atoms with Crippen molar-refractivity contribution < 1.29 is 9.59 Å². The number of pyridine rings is 2. The van der Waals surface area contributed by atoms with Gasteiger partial charge in [-0.2, -0.15) is 0 Å². The molecule has 0 aliphatic rings. The number of carbonyl (C=O) groups is 2. The van der Waals surface area contributed by atoms with Gasteiger partial charge in [-0.3, -0.25) is 19.0 Å². The molecule has 7 heteroatoms. The fourth-order valence-corrected chi connectivity index (χ4v) is 3.37. The molecule has 0 saturated carbocycles. The molecule has 1 aromatic carbocycles. The van der Waals surface area contributed by atoms with Crippen LogP contribution < -0.4 is 11.3 Å². The molecule has 4 aromatic rings. The molecule has 3 aromatic heterocycles. The van der Waals surface area contributed by atoms with Gasteiger partial charge in [-0.15, -0.1) is 0 Å². The summed E-state index contributed by atoms with van der Waals surface area (Å²) in [5.74, 6) is -0.827. The van der Waals surface area contributed by atoms with E-state index in [1.807, 2.05) is 6.07 Å². The molecule has 0 aliphatic heterocycles. The number of Topliss-reactive ketones (excluding diaryl/α,β-unsaturated/α-hetero) is 1. The van der Waals surface area contributed by atoms with E-state index in [2.05, 4.69) is 4.98 Å². The molecule has 0 saturated heterocycles. The van der Waals surface area contributed by atoms with E-state index in [1.165, 1.54) is 10.6 Å². The Bertz CT molecular complexity index is 1270. The van der Waals surface area contributed by atoms with E-state index in [0.29, 0.717) is 27.5 Å². The van der Waals surface area contributed by atoms with Gasteiger partial charge < -0.3 is 10.3 Å². The van der Waals surface area contributed by atoms with Crippen LogP contribution in [0.3, 0.4) is 0 Å². The number of aromatic nitrogens is 3. The first-order chi connectivity index (χ1) is 13.0. The molecular formula is C20H16N4O3. The number of hydrogen-bond acceptors (Lipinski definition) is 4. The highest BCUT2D eigenvalue weighted by molar-refractivity contribution is 6.07. The van der Waals surface area contributed by atoms with Crippen molar-refractivity contribution in [2.24, 2.45) is 12.8 Å². The van der Waals surface area contributed by atoms with E-state index >= 15 is 0 Å². The topological polar surface area (TPSA) is 100.0 Å². The van der Waals surface area contributed by atoms with Gasteiger partial charge in [0.05, 0.1) is 17.4 Å². The SMILES string of the molecule is Cn1c(C(N)=O)cc2c(=O)n(CC(=O)c3ccccc3)c3ncccc3c21. The Labute approximate surface area is 153 Å². The number of ketones is 1. The van der Waals surface area contributed by atoms with Crippen molar-refractivity contribution >= 4 is 33.6 Å². The van der Waals surface area contributed by atoms with Crippen LogP contribution in [0.2, 0.25) is 0 Å². The lowest BCUT2D eigenvalue weighted by Crippen LogP contribution is -2.25. The normalized spacial score (nSPS) is 11.1. The van der Waals surface area contributed by atoms with E-state index in [4.69, 9.17) is 5.73 Å². The lowest BCUT2D eigenvalue weighted by Gasteiger charge is -2.11. The van der Waals surface area contributed by atoms with Gasteiger partial charge in [0.2, 0.25) is 0 Å². The minimum Gasteiger partial charge on any atom is -0.364 e. The van der Waals surface area contributed by atoms with Crippen LogP contribution in [0.25, 0.3) is 21.9 Å². The van der Waals surface area contributed by atoms with Gasteiger partial charge in [-0.05, 0) is 18.2 Å². The summed E-state index contributed by atoms with van der Waals surface area (Å²) in [5.41, 5.74) is 6.73. The zero-order valence-electron chi connectivity index (χ0n) is 14.5. The van der Waals surface area contributed by atoms with E-state index in [1.54, 1.807) is 54.2 Å². The van der Waals surface area contributed by atoms with Crippen LogP contribution in [0.15, 0.2) is 59.5 Å². The Morgan fingerprint density at radius 2 is 1.81 bits per heavy atom. The first-order valence-corrected chi connectivity index (χ1v) is 8.34. The number of carbonyl (C=O) groups excluding carboxylic acids is 2. The standard InChI is InChI=1S/C20H16N4O3/c1-23-15(18(21)26)10-14-17(23)13-8-5-9-22-19(13)24(20(14)27)11-16(25)12-6-3-2-4-7-12/h2-10H,11H2,1H3,(H2,21,26). The van der Waals surface area contributed by atoms with E-state index in [-0.39, 0.29) is 23.6 Å². The van der Waals surface area contributed by atoms with E-state index < -0.39 is 5.91 Å². The van der Waals surface area contributed by atoms with Crippen molar-refractivity contribution in [2.75, 3.05) is 0 Å². The predicted molar refractivity (Wildman–Crippen MR) is 102 cm³/mol. The van der Waals surface area contributed by atoms with Crippen molar-refractivity contribution in [1.82, 2.24) is 14.1 Å². The molecule has 0 radical (unpaired) electrons. The number of amides is 1. The van der Waals surface area contributed by atoms with Gasteiger partial charge in [0.25, 0.3) is 11.5 Å². The Hall–Kier alpha value is -3.74. The van der Waals surface area contributed by atoms with Crippen LogP contribution in [0.4, 0.5) is 0 Å². The highest BCUT2D eigenvalue weighted by atomic mass is 16.1. The number of primary amides is 1. The molecule has 4 rings (SSSR count). The van der Waals surface area contributed by atoms with Gasteiger partial charge >= 0.3 is 0 Å². The monoisotopic (exact) mass is 360 g/mol. The zero-order valence-corrected chi connectivity index (χ0v) is 14.5. The van der Waals surface area contributed by atoms with Crippen LogP contribution in [-0.2, 0) is 13.6 Å². The number of hydrogen-bond donors (Lipinski definition) is 1. The Balaban J connectivity index is 2.00.